The van der Waals surface area contributed by atoms with Gasteiger partial charge in [0.2, 0.25) is 0 Å². The minimum atomic E-state index is -2.98. The van der Waals surface area contributed by atoms with Crippen molar-refractivity contribution >= 4 is 16.9 Å². The van der Waals surface area contributed by atoms with Crippen molar-refractivity contribution in [2.24, 2.45) is 5.92 Å². The van der Waals surface area contributed by atoms with Crippen molar-refractivity contribution in [1.82, 2.24) is 19.8 Å². The third kappa shape index (κ3) is 3.03. The van der Waals surface area contributed by atoms with Crippen molar-refractivity contribution < 1.29 is 18.3 Å². The van der Waals surface area contributed by atoms with E-state index < -0.39 is 6.61 Å². The number of benzene rings is 2. The van der Waals surface area contributed by atoms with Gasteiger partial charge < -0.3 is 19.5 Å². The van der Waals surface area contributed by atoms with Gasteiger partial charge in [-0.1, -0.05) is 17.9 Å². The Morgan fingerprint density at radius 2 is 2.09 bits per heavy atom. The van der Waals surface area contributed by atoms with Gasteiger partial charge in [0.25, 0.3) is 5.91 Å². The number of ether oxygens (including phenoxy) is 1. The second-order valence-corrected chi connectivity index (χ2v) is 8.90. The highest BCUT2D eigenvalue weighted by Gasteiger charge is 2.45. The molecule has 6 nitrogen and oxygen atoms in total. The third-order valence-corrected chi connectivity index (χ3v) is 7.07. The highest BCUT2D eigenvalue weighted by Crippen LogP contribution is 2.49. The van der Waals surface area contributed by atoms with Gasteiger partial charge in [-0.15, -0.1) is 0 Å². The Kier molecular flexibility index (Phi) is 4.46. The Bertz CT molecular complexity index is 1360. The van der Waals surface area contributed by atoms with Crippen LogP contribution in [0.5, 0.6) is 5.75 Å². The normalized spacial score (nSPS) is 25.2. The van der Waals surface area contributed by atoms with E-state index in [-0.39, 0.29) is 23.7 Å². The molecule has 0 spiro atoms. The maximum absolute atomic E-state index is 13.2. The lowest BCUT2D eigenvalue weighted by Gasteiger charge is -2.31. The molecule has 4 heterocycles. The predicted molar refractivity (Wildman–Crippen MR) is 118 cm³/mol. The fraction of sp³-hybridized carbons (Fsp3) is 0.360. The zero-order chi connectivity index (χ0) is 22.9. The first-order valence-electron chi connectivity index (χ1n) is 11.0. The van der Waals surface area contributed by atoms with E-state index in [0.29, 0.717) is 29.5 Å². The number of alkyl halides is 2. The molecule has 1 aromatic heterocycles. The number of carbonyl (C=O) groups excluding carboxylic acids is 1. The molecule has 1 N–H and O–H groups in total. The lowest BCUT2D eigenvalue weighted by atomic mass is 9.94. The van der Waals surface area contributed by atoms with Crippen LogP contribution in [0.2, 0.25) is 0 Å². The van der Waals surface area contributed by atoms with Crippen molar-refractivity contribution in [3.8, 4) is 17.6 Å². The molecule has 1 fully saturated rings. The minimum absolute atomic E-state index is 0.0343. The first-order chi connectivity index (χ1) is 15.9. The van der Waals surface area contributed by atoms with E-state index in [1.807, 2.05) is 18.2 Å². The summed E-state index contributed by atoms with van der Waals surface area (Å²) in [6.07, 6.45) is 0.554. The van der Waals surface area contributed by atoms with Gasteiger partial charge in [-0.3, -0.25) is 4.79 Å². The van der Waals surface area contributed by atoms with Crippen LogP contribution in [0, 0.1) is 17.8 Å². The third-order valence-electron chi connectivity index (χ3n) is 7.07. The monoisotopic (exact) mass is 448 g/mol. The molecule has 0 aliphatic carbocycles. The van der Waals surface area contributed by atoms with Crippen LogP contribution in [-0.4, -0.2) is 46.6 Å². The molecule has 168 valence electrons. The minimum Gasteiger partial charge on any atom is -0.434 e. The van der Waals surface area contributed by atoms with Gasteiger partial charge in [0.15, 0.2) is 0 Å². The molecule has 8 heteroatoms. The van der Waals surface area contributed by atoms with Crippen LogP contribution in [0.3, 0.4) is 0 Å². The highest BCUT2D eigenvalue weighted by molar-refractivity contribution is 5.97. The highest BCUT2D eigenvalue weighted by atomic mass is 19.3. The van der Waals surface area contributed by atoms with E-state index in [9.17, 15) is 13.6 Å². The number of fused-ring (bicyclic) bond motifs is 9. The quantitative estimate of drug-likeness (QED) is 0.608. The van der Waals surface area contributed by atoms with Crippen LogP contribution in [0.15, 0.2) is 36.4 Å². The van der Waals surface area contributed by atoms with Crippen LogP contribution in [0.25, 0.3) is 11.0 Å². The molecule has 2 bridgehead atoms. The molecule has 33 heavy (non-hydrogen) atoms. The van der Waals surface area contributed by atoms with Crippen LogP contribution in [-0.2, 0) is 0 Å². The molecule has 3 aliphatic heterocycles. The van der Waals surface area contributed by atoms with Gasteiger partial charge in [0, 0.05) is 48.7 Å². The zero-order valence-electron chi connectivity index (χ0n) is 18.2. The number of aromatic nitrogens is 2. The summed E-state index contributed by atoms with van der Waals surface area (Å²) in [6, 6.07) is 10.4. The average Bonchev–Trinajstić information content (AvgIpc) is 3.30. The van der Waals surface area contributed by atoms with Crippen molar-refractivity contribution in [2.45, 2.75) is 38.1 Å². The van der Waals surface area contributed by atoms with E-state index in [4.69, 9.17) is 9.72 Å². The smallest absolute Gasteiger partial charge is 0.387 e. The summed E-state index contributed by atoms with van der Waals surface area (Å²) in [5.41, 5.74) is 3.43. The summed E-state index contributed by atoms with van der Waals surface area (Å²) in [4.78, 5) is 19.7. The van der Waals surface area contributed by atoms with Crippen molar-refractivity contribution in [3.05, 3.63) is 58.9 Å². The SMILES string of the molecule is CC1NCC1C#Cc1ccc2nc3n(c2c1)[C@@H]1CC3N(C)C(=O)c2cccc(OC(F)F)c21. The van der Waals surface area contributed by atoms with Crippen molar-refractivity contribution in [1.29, 1.82) is 0 Å². The van der Waals surface area contributed by atoms with Gasteiger partial charge in [0.05, 0.1) is 23.1 Å². The number of amides is 1. The predicted octanol–water partition coefficient (Wildman–Crippen LogP) is 3.72. The summed E-state index contributed by atoms with van der Waals surface area (Å²) in [5.74, 6) is 7.51. The summed E-state index contributed by atoms with van der Waals surface area (Å²) in [7, 11) is 1.74. The van der Waals surface area contributed by atoms with Crippen molar-refractivity contribution in [2.75, 3.05) is 13.6 Å². The van der Waals surface area contributed by atoms with E-state index in [1.165, 1.54) is 6.07 Å². The Balaban J connectivity index is 1.52. The number of hydrogen-bond acceptors (Lipinski definition) is 4. The lowest BCUT2D eigenvalue weighted by molar-refractivity contribution is -0.0507. The number of hydrogen-bond donors (Lipinski definition) is 1. The van der Waals surface area contributed by atoms with E-state index in [0.717, 1.165) is 29.0 Å². The largest absolute Gasteiger partial charge is 0.434 e. The summed E-state index contributed by atoms with van der Waals surface area (Å²) < 4.78 is 33.3. The van der Waals surface area contributed by atoms with E-state index in [2.05, 4.69) is 28.6 Å². The molecule has 3 aromatic rings. The Hall–Kier alpha value is -3.44. The van der Waals surface area contributed by atoms with Crippen LogP contribution in [0.1, 0.15) is 52.7 Å². The summed E-state index contributed by atoms with van der Waals surface area (Å²) in [6.45, 7) is 0.0359. The maximum Gasteiger partial charge on any atom is 0.387 e. The van der Waals surface area contributed by atoms with Gasteiger partial charge in [0.1, 0.15) is 11.6 Å². The average molecular weight is 448 g/mol. The molecule has 2 aromatic carbocycles. The van der Waals surface area contributed by atoms with Crippen molar-refractivity contribution in [3.63, 3.8) is 0 Å². The molecule has 3 unspecified atom stereocenters. The van der Waals surface area contributed by atoms with E-state index >= 15 is 0 Å². The molecule has 3 aliphatic rings. The van der Waals surface area contributed by atoms with Gasteiger partial charge in [-0.05, 0) is 37.3 Å². The second kappa shape index (κ2) is 7.29. The standard InChI is InChI=1S/C25H22F2N4O2/c1-13-15(12-28-13)8-6-14-7-9-17-18(10-14)31-19-11-20(23(31)29-17)30(2)24(32)16-4-3-5-21(22(16)19)33-25(26)27/h3-5,7,9-10,13,15,19-20,25,28H,11-12H2,1-2H3/t13?,15?,19-,20?/m1/s1. The van der Waals surface area contributed by atoms with E-state index in [1.54, 1.807) is 24.1 Å². The Labute approximate surface area is 189 Å². The summed E-state index contributed by atoms with van der Waals surface area (Å²) >= 11 is 0. The number of nitrogens with zero attached hydrogens (tertiary/aromatic N) is 3. The van der Waals surface area contributed by atoms with Crippen LogP contribution < -0.4 is 10.1 Å². The topological polar surface area (TPSA) is 59.4 Å². The van der Waals surface area contributed by atoms with Gasteiger partial charge in [-0.2, -0.15) is 8.78 Å². The lowest BCUT2D eigenvalue weighted by Crippen LogP contribution is -2.50. The first kappa shape index (κ1) is 20.2. The maximum atomic E-state index is 13.2. The number of halogens is 2. The molecular weight excluding hydrogens is 426 g/mol. The Morgan fingerprint density at radius 3 is 2.82 bits per heavy atom. The number of nitrogens with one attached hydrogen (secondary N) is 1. The molecule has 1 amide bonds. The Morgan fingerprint density at radius 1 is 1.24 bits per heavy atom. The first-order valence-corrected chi connectivity index (χ1v) is 11.0. The molecule has 4 atom stereocenters. The summed E-state index contributed by atoms with van der Waals surface area (Å²) in [5, 5.41) is 3.31. The van der Waals surface area contributed by atoms with Gasteiger partial charge in [-0.25, -0.2) is 4.98 Å². The molecule has 0 radical (unpaired) electrons. The number of carbonyl (C=O) groups is 1. The van der Waals surface area contributed by atoms with Crippen LogP contribution in [0.4, 0.5) is 8.78 Å². The molecular formula is C25H22F2N4O2. The fourth-order valence-electron chi connectivity index (χ4n) is 5.18. The molecule has 0 saturated carbocycles. The second-order valence-electron chi connectivity index (χ2n) is 8.90. The molecule has 6 rings (SSSR count). The zero-order valence-corrected chi connectivity index (χ0v) is 18.2. The number of imidazole rings is 1. The fourth-order valence-corrected chi connectivity index (χ4v) is 5.18. The van der Waals surface area contributed by atoms with Crippen LogP contribution >= 0.6 is 0 Å². The molecule has 1 saturated heterocycles. The number of rotatable bonds is 2. The van der Waals surface area contributed by atoms with Gasteiger partial charge >= 0.3 is 6.61 Å².